The van der Waals surface area contributed by atoms with Crippen molar-refractivity contribution < 1.29 is 22.4 Å². The molecule has 1 N–H and O–H groups in total. The Morgan fingerprint density at radius 3 is 2.02 bits per heavy atom. The number of rotatable bonds is 6. The number of anilines is 3. The van der Waals surface area contributed by atoms with E-state index >= 15 is 0 Å². The first-order valence-electron chi connectivity index (χ1n) is 12.4. The van der Waals surface area contributed by atoms with Gasteiger partial charge in [-0.3, -0.25) is 4.79 Å². The van der Waals surface area contributed by atoms with E-state index in [1.807, 2.05) is 0 Å². The number of piperazine rings is 1. The fraction of sp³-hybridized carbons (Fsp3) is 0.348. The topological polar surface area (TPSA) is 66.3 Å². The molecule has 2 aromatic carbocycles. The summed E-state index contributed by atoms with van der Waals surface area (Å²) in [6, 6.07) is 6.28. The maximum Gasteiger partial charge on any atom is 0.263 e. The molecule has 0 atom stereocenters. The van der Waals surface area contributed by atoms with E-state index in [1.54, 1.807) is 0 Å². The van der Waals surface area contributed by atoms with Crippen molar-refractivity contribution in [2.24, 2.45) is 5.92 Å². The number of carbonyl (C=O) groups excluding carboxylic acids is 1. The summed E-state index contributed by atoms with van der Waals surface area (Å²) in [5.74, 6) is -3.50. The number of aromatic nitrogens is 3. The number of hydrogen-bond acceptors (Lipinski definition) is 5. The Bertz CT molecular complexity index is 1520. The minimum Gasteiger partial charge on any atom is -0.393 e. The number of alkyl halides is 2. The zero-order valence-electron chi connectivity index (χ0n) is 21.9. The Hall–Kier alpha value is -3.11. The van der Waals surface area contributed by atoms with Crippen LogP contribution in [0.4, 0.5) is 34.9 Å². The smallest absolute Gasteiger partial charge is 0.263 e. The summed E-state index contributed by atoms with van der Waals surface area (Å²) in [6.07, 6.45) is -0.860. The van der Waals surface area contributed by atoms with Gasteiger partial charge in [0.15, 0.2) is 11.6 Å². The molecule has 1 saturated heterocycles. The van der Waals surface area contributed by atoms with Gasteiger partial charge in [-0.15, -0.1) is 5.10 Å². The van der Waals surface area contributed by atoms with Crippen molar-refractivity contribution in [3.63, 3.8) is 0 Å². The van der Waals surface area contributed by atoms with Crippen LogP contribution in [0.25, 0.3) is 5.69 Å². The molecule has 1 aromatic heterocycles. The monoisotopic (exact) mass is 554 g/mol. The Balaban J connectivity index is 1.56. The van der Waals surface area contributed by atoms with Crippen LogP contribution in [0.1, 0.15) is 24.8 Å². The number of halogens is 4. The maximum absolute atomic E-state index is 14.1. The van der Waals surface area contributed by atoms with Crippen LogP contribution in [0.3, 0.4) is 0 Å². The van der Waals surface area contributed by atoms with E-state index in [0.717, 1.165) is 33.8 Å². The van der Waals surface area contributed by atoms with Gasteiger partial charge in [0.1, 0.15) is 6.33 Å². The molecule has 16 radical (unpaired) electrons. The minimum absolute atomic E-state index is 0.0480. The first kappa shape index (κ1) is 30.4. The highest BCUT2D eigenvalue weighted by atomic mass is 19.3. The molecule has 1 aliphatic heterocycles. The molecule has 1 aliphatic carbocycles. The molecule has 2 fully saturated rings. The third kappa shape index (κ3) is 4.76. The molecule has 1 amide bonds. The number of carbonyl (C=O) groups is 1. The summed E-state index contributed by atoms with van der Waals surface area (Å²) in [5.41, 5.74) is -0.748. The van der Waals surface area contributed by atoms with Gasteiger partial charge in [0, 0.05) is 28.9 Å². The van der Waals surface area contributed by atoms with Crippen LogP contribution >= 0.6 is 0 Å². The molecule has 42 heavy (non-hydrogen) atoms. The zero-order valence-corrected chi connectivity index (χ0v) is 21.9. The van der Waals surface area contributed by atoms with Crippen molar-refractivity contribution in [1.82, 2.24) is 19.7 Å². The predicted molar refractivity (Wildman–Crippen MR) is 155 cm³/mol. The fourth-order valence-corrected chi connectivity index (χ4v) is 4.80. The normalized spacial score (nSPS) is 20.4. The average molecular weight is 553 g/mol. The predicted octanol–water partition coefficient (Wildman–Crippen LogP) is 0.248. The second kappa shape index (κ2) is 9.98. The van der Waals surface area contributed by atoms with E-state index in [4.69, 9.17) is 62.8 Å². The molecule has 1 saturated carbocycles. The Kier molecular flexibility index (Phi) is 7.21. The summed E-state index contributed by atoms with van der Waals surface area (Å²) in [6.45, 7) is 0. The molecule has 7 nitrogen and oxygen atoms in total. The van der Waals surface area contributed by atoms with E-state index in [2.05, 4.69) is 15.4 Å². The van der Waals surface area contributed by atoms with E-state index < -0.39 is 56.8 Å². The van der Waals surface area contributed by atoms with Crippen LogP contribution in [0.5, 0.6) is 0 Å². The van der Waals surface area contributed by atoms with Crippen LogP contribution in [-0.4, -0.2) is 110 Å². The average Bonchev–Trinajstić information content (AvgIpc) is 3.63. The van der Waals surface area contributed by atoms with Gasteiger partial charge in [-0.2, -0.15) is 4.98 Å². The maximum atomic E-state index is 14.1. The molecule has 3 aromatic rings. The minimum atomic E-state index is -3.04. The van der Waals surface area contributed by atoms with Crippen molar-refractivity contribution in [1.29, 1.82) is 0 Å². The van der Waals surface area contributed by atoms with Gasteiger partial charge in [0.05, 0.1) is 68.5 Å². The molecule has 0 bridgehead atoms. The molecule has 0 unspecified atom stereocenters. The Labute approximate surface area is 250 Å². The quantitative estimate of drug-likeness (QED) is 0.351. The van der Waals surface area contributed by atoms with Gasteiger partial charge in [0.25, 0.3) is 6.43 Å². The van der Waals surface area contributed by atoms with Crippen molar-refractivity contribution in [3.8, 4) is 5.69 Å². The van der Waals surface area contributed by atoms with Crippen molar-refractivity contribution in [2.45, 2.75) is 40.6 Å². The van der Waals surface area contributed by atoms with Crippen molar-refractivity contribution >= 4 is 86.0 Å². The second-order valence-electron chi connectivity index (χ2n) is 10.4. The van der Waals surface area contributed by atoms with E-state index in [-0.39, 0.29) is 23.0 Å². The lowest BCUT2D eigenvalue weighted by molar-refractivity contribution is -0.138. The largest absolute Gasteiger partial charge is 0.393 e. The highest BCUT2D eigenvalue weighted by Crippen LogP contribution is 2.48. The molecule has 2 aliphatic rings. The molecule has 194 valence electrons. The van der Waals surface area contributed by atoms with Crippen LogP contribution in [-0.2, 0) is 4.79 Å². The van der Waals surface area contributed by atoms with Crippen molar-refractivity contribution in [2.75, 3.05) is 10.2 Å². The molecular formula is C23H14B8F4N6O. The zero-order chi connectivity index (χ0) is 31.0. The van der Waals surface area contributed by atoms with E-state index in [0.29, 0.717) is 17.7 Å². The molecule has 0 spiro atoms. The van der Waals surface area contributed by atoms with Crippen molar-refractivity contribution in [3.05, 3.63) is 59.9 Å². The number of nitrogens with zero attached hydrogens (tertiary/aromatic N) is 5. The highest BCUT2D eigenvalue weighted by molar-refractivity contribution is 6.63. The Morgan fingerprint density at radius 1 is 0.857 bits per heavy atom. The lowest BCUT2D eigenvalue weighted by atomic mass is 9.26. The molecule has 5 rings (SSSR count). The van der Waals surface area contributed by atoms with Gasteiger partial charge in [-0.1, -0.05) is 0 Å². The first-order valence-corrected chi connectivity index (χ1v) is 12.4. The fourth-order valence-electron chi connectivity index (χ4n) is 4.80. The van der Waals surface area contributed by atoms with Gasteiger partial charge in [0.2, 0.25) is 11.9 Å². The van der Waals surface area contributed by atoms with Crippen LogP contribution in [0.2, 0.25) is 0 Å². The van der Waals surface area contributed by atoms with Crippen LogP contribution < -0.4 is 10.2 Å². The molecule has 2 heterocycles. The summed E-state index contributed by atoms with van der Waals surface area (Å²) in [5, 5.41) is -3.28. The summed E-state index contributed by atoms with van der Waals surface area (Å²) in [4.78, 5) is 18.6. The summed E-state index contributed by atoms with van der Waals surface area (Å²) < 4.78 is 56.2. The SMILES string of the molecule is [B]C1([B])N(C(=O)C2CC2)C([B])([B])C([B])([B])N(c2cc(Nc3ncn(-c4ccc(F)c(F)c4)n3)cc(C(F)F)c2)C1([B])[B]. The van der Waals surface area contributed by atoms with Crippen LogP contribution in [0, 0.1) is 17.6 Å². The summed E-state index contributed by atoms with van der Waals surface area (Å²) >= 11 is 0. The number of nitrogens with one attached hydrogen (secondary N) is 1. The van der Waals surface area contributed by atoms with Gasteiger partial charge in [-0.25, -0.2) is 22.2 Å². The standard InChI is InChI=1S/C23H14B8F4N6O/c24-20(25)22(28,29)41(18(42)10-1-2-10)23(30,31)21(26,27)40(20)14-6-11(17(34)35)5-12(7-14)37-19-36-9-39(38-19)13-3-4-15(32)16(33)8-13/h3-10,17H,1-2H2,(H,37,38). The number of amides is 1. The third-order valence-corrected chi connectivity index (χ3v) is 7.28. The van der Waals surface area contributed by atoms with Gasteiger partial charge in [-0.05, 0) is 64.5 Å². The summed E-state index contributed by atoms with van der Waals surface area (Å²) in [7, 11) is 50.8. The number of hydrogen-bond donors (Lipinski definition) is 1. The molecular weight excluding hydrogens is 539 g/mol. The highest BCUT2D eigenvalue weighted by Gasteiger charge is 2.62. The Morgan fingerprint density at radius 2 is 1.48 bits per heavy atom. The van der Waals surface area contributed by atoms with Gasteiger partial charge < -0.3 is 15.1 Å². The lowest BCUT2D eigenvalue weighted by Gasteiger charge is -2.76. The third-order valence-electron chi connectivity index (χ3n) is 7.28. The first-order chi connectivity index (χ1) is 19.4. The lowest BCUT2D eigenvalue weighted by Crippen LogP contribution is -2.93. The van der Waals surface area contributed by atoms with E-state index in [1.165, 1.54) is 18.5 Å². The van der Waals surface area contributed by atoms with Gasteiger partial charge >= 0.3 is 0 Å². The van der Waals surface area contributed by atoms with E-state index in [9.17, 15) is 22.4 Å². The van der Waals surface area contributed by atoms with Crippen LogP contribution in [0.15, 0.2) is 42.7 Å². The second-order valence-corrected chi connectivity index (χ2v) is 10.4. The molecule has 19 heteroatoms. The number of benzene rings is 2.